The summed E-state index contributed by atoms with van der Waals surface area (Å²) in [5.41, 5.74) is 3.47. The highest BCUT2D eigenvalue weighted by Crippen LogP contribution is 2.26. The number of carbonyl (C=O) groups excluding carboxylic acids is 1. The molecule has 2 rings (SSSR count). The molecule has 0 aliphatic carbocycles. The van der Waals surface area contributed by atoms with E-state index in [0.717, 1.165) is 51.3 Å². The fourth-order valence-electron chi connectivity index (χ4n) is 3.43. The number of amides is 1. The van der Waals surface area contributed by atoms with E-state index in [1.54, 1.807) is 0 Å². The van der Waals surface area contributed by atoms with Crippen molar-refractivity contribution in [2.24, 2.45) is 0 Å². The molecule has 128 valence electrons. The van der Waals surface area contributed by atoms with Crippen LogP contribution in [-0.2, 0) is 4.79 Å². The molecular formula is C19H31N3O. The fourth-order valence-corrected chi connectivity index (χ4v) is 3.43. The molecule has 1 atom stereocenters. The zero-order valence-electron chi connectivity index (χ0n) is 15.1. The predicted octanol–water partition coefficient (Wildman–Crippen LogP) is 2.73. The van der Waals surface area contributed by atoms with Crippen LogP contribution in [0.3, 0.4) is 0 Å². The van der Waals surface area contributed by atoms with E-state index in [-0.39, 0.29) is 11.9 Å². The molecule has 0 saturated carbocycles. The second-order valence-electron chi connectivity index (χ2n) is 6.43. The van der Waals surface area contributed by atoms with Gasteiger partial charge in [0.25, 0.3) is 0 Å². The van der Waals surface area contributed by atoms with Gasteiger partial charge in [0.2, 0.25) is 5.91 Å². The summed E-state index contributed by atoms with van der Waals surface area (Å²) in [6.07, 6.45) is 2.13. The molecule has 1 aliphatic rings. The Labute approximate surface area is 140 Å². The van der Waals surface area contributed by atoms with E-state index in [1.807, 2.05) is 4.90 Å². The van der Waals surface area contributed by atoms with Gasteiger partial charge >= 0.3 is 0 Å². The molecule has 0 bridgehead atoms. The third kappa shape index (κ3) is 4.12. The number of hydrogen-bond donors (Lipinski definition) is 1. The SMILES string of the molecule is CCCCN(C(=O)C1CNCCN1CC)c1c(C)cccc1C. The smallest absolute Gasteiger partial charge is 0.245 e. The first-order valence-electron chi connectivity index (χ1n) is 8.92. The number of carbonyl (C=O) groups is 1. The first kappa shape index (κ1) is 18.0. The van der Waals surface area contributed by atoms with Crippen LogP contribution in [0, 0.1) is 13.8 Å². The van der Waals surface area contributed by atoms with Gasteiger partial charge in [0.1, 0.15) is 6.04 Å². The van der Waals surface area contributed by atoms with Crippen molar-refractivity contribution >= 4 is 11.6 Å². The molecule has 1 aromatic carbocycles. The lowest BCUT2D eigenvalue weighted by molar-refractivity contribution is -0.124. The van der Waals surface area contributed by atoms with Crippen LogP contribution >= 0.6 is 0 Å². The summed E-state index contributed by atoms with van der Waals surface area (Å²) >= 11 is 0. The molecule has 0 radical (unpaired) electrons. The minimum Gasteiger partial charge on any atom is -0.313 e. The Balaban J connectivity index is 2.32. The number of rotatable bonds is 6. The molecule has 1 aromatic rings. The molecule has 1 amide bonds. The molecule has 1 heterocycles. The highest BCUT2D eigenvalue weighted by atomic mass is 16.2. The third-order valence-electron chi connectivity index (χ3n) is 4.76. The van der Waals surface area contributed by atoms with Crippen molar-refractivity contribution in [2.45, 2.75) is 46.6 Å². The van der Waals surface area contributed by atoms with Crippen molar-refractivity contribution in [3.63, 3.8) is 0 Å². The van der Waals surface area contributed by atoms with Gasteiger partial charge in [-0.25, -0.2) is 0 Å². The molecule has 0 aromatic heterocycles. The van der Waals surface area contributed by atoms with Gasteiger partial charge in [-0.05, 0) is 37.9 Å². The lowest BCUT2D eigenvalue weighted by Crippen LogP contribution is -2.58. The minimum absolute atomic E-state index is 0.0513. The molecule has 4 heteroatoms. The van der Waals surface area contributed by atoms with Crippen molar-refractivity contribution < 1.29 is 4.79 Å². The minimum atomic E-state index is -0.0513. The van der Waals surface area contributed by atoms with Gasteiger partial charge in [-0.3, -0.25) is 9.69 Å². The van der Waals surface area contributed by atoms with Gasteiger partial charge in [-0.1, -0.05) is 38.5 Å². The summed E-state index contributed by atoms with van der Waals surface area (Å²) in [7, 11) is 0. The monoisotopic (exact) mass is 317 g/mol. The largest absolute Gasteiger partial charge is 0.313 e. The molecule has 1 aliphatic heterocycles. The van der Waals surface area contributed by atoms with Crippen LogP contribution < -0.4 is 10.2 Å². The maximum Gasteiger partial charge on any atom is 0.245 e. The normalized spacial score (nSPS) is 18.9. The molecular weight excluding hydrogens is 286 g/mol. The first-order chi connectivity index (χ1) is 11.1. The van der Waals surface area contributed by atoms with E-state index in [0.29, 0.717) is 0 Å². The third-order valence-corrected chi connectivity index (χ3v) is 4.76. The Morgan fingerprint density at radius 1 is 1.30 bits per heavy atom. The first-order valence-corrected chi connectivity index (χ1v) is 8.92. The van der Waals surface area contributed by atoms with Crippen LogP contribution in [0.25, 0.3) is 0 Å². The molecule has 0 spiro atoms. The number of hydrogen-bond acceptors (Lipinski definition) is 3. The van der Waals surface area contributed by atoms with Crippen LogP contribution in [0.1, 0.15) is 37.8 Å². The topological polar surface area (TPSA) is 35.6 Å². The predicted molar refractivity (Wildman–Crippen MR) is 97.1 cm³/mol. The van der Waals surface area contributed by atoms with Gasteiger partial charge < -0.3 is 10.2 Å². The summed E-state index contributed by atoms with van der Waals surface area (Å²) in [5.74, 6) is 0.241. The van der Waals surface area contributed by atoms with Crippen LogP contribution in [0.5, 0.6) is 0 Å². The van der Waals surface area contributed by atoms with Gasteiger partial charge in [0.05, 0.1) is 0 Å². The van der Waals surface area contributed by atoms with Crippen molar-refractivity contribution in [1.29, 1.82) is 0 Å². The van der Waals surface area contributed by atoms with E-state index in [1.165, 1.54) is 11.1 Å². The number of para-hydroxylation sites is 1. The second kappa shape index (κ2) is 8.46. The number of unbranched alkanes of at least 4 members (excludes halogenated alkanes) is 1. The number of aryl methyl sites for hydroxylation is 2. The Kier molecular flexibility index (Phi) is 6.60. The van der Waals surface area contributed by atoms with Crippen molar-refractivity contribution in [3.05, 3.63) is 29.3 Å². The van der Waals surface area contributed by atoms with Crippen molar-refractivity contribution in [3.8, 4) is 0 Å². The molecule has 1 N–H and O–H groups in total. The molecule has 1 fully saturated rings. The number of likely N-dealkylation sites (N-methyl/N-ethyl adjacent to an activating group) is 1. The number of anilines is 1. The standard InChI is InChI=1S/C19H31N3O/c1-5-7-12-22(18-15(3)9-8-10-16(18)4)19(23)17-14-20-11-13-21(17)6-2/h8-10,17,20H,5-7,11-14H2,1-4H3. The van der Waals surface area contributed by atoms with E-state index in [4.69, 9.17) is 0 Å². The Hall–Kier alpha value is -1.39. The Morgan fingerprint density at radius 2 is 2.00 bits per heavy atom. The van der Waals surface area contributed by atoms with E-state index in [2.05, 4.69) is 56.1 Å². The Morgan fingerprint density at radius 3 is 2.61 bits per heavy atom. The van der Waals surface area contributed by atoms with Gasteiger partial charge in [0.15, 0.2) is 0 Å². The highest BCUT2D eigenvalue weighted by molar-refractivity contribution is 5.98. The molecule has 1 saturated heterocycles. The average Bonchev–Trinajstić information content (AvgIpc) is 2.56. The number of benzene rings is 1. The van der Waals surface area contributed by atoms with E-state index in [9.17, 15) is 4.79 Å². The maximum absolute atomic E-state index is 13.3. The molecule has 4 nitrogen and oxygen atoms in total. The average molecular weight is 317 g/mol. The molecule has 1 unspecified atom stereocenters. The number of piperazine rings is 1. The van der Waals surface area contributed by atoms with Crippen LogP contribution in [0.2, 0.25) is 0 Å². The summed E-state index contributed by atoms with van der Waals surface area (Å²) in [6.45, 7) is 12.9. The second-order valence-corrected chi connectivity index (χ2v) is 6.43. The van der Waals surface area contributed by atoms with Gasteiger partial charge in [-0.2, -0.15) is 0 Å². The van der Waals surface area contributed by atoms with Crippen molar-refractivity contribution in [2.75, 3.05) is 37.6 Å². The van der Waals surface area contributed by atoms with Crippen LogP contribution in [0.4, 0.5) is 5.69 Å². The Bertz CT molecular complexity index is 509. The van der Waals surface area contributed by atoms with Crippen LogP contribution in [0.15, 0.2) is 18.2 Å². The summed E-state index contributed by atoms with van der Waals surface area (Å²) in [5, 5.41) is 3.38. The summed E-state index contributed by atoms with van der Waals surface area (Å²) in [4.78, 5) is 17.7. The van der Waals surface area contributed by atoms with E-state index < -0.39 is 0 Å². The highest BCUT2D eigenvalue weighted by Gasteiger charge is 2.32. The van der Waals surface area contributed by atoms with Crippen molar-refractivity contribution in [1.82, 2.24) is 10.2 Å². The zero-order valence-corrected chi connectivity index (χ0v) is 15.1. The number of nitrogens with zero attached hydrogens (tertiary/aromatic N) is 2. The summed E-state index contributed by atoms with van der Waals surface area (Å²) in [6, 6.07) is 6.22. The summed E-state index contributed by atoms with van der Waals surface area (Å²) < 4.78 is 0. The van der Waals surface area contributed by atoms with E-state index >= 15 is 0 Å². The molecule has 23 heavy (non-hydrogen) atoms. The quantitative estimate of drug-likeness (QED) is 0.876. The van der Waals surface area contributed by atoms with Gasteiger partial charge in [0, 0.05) is 31.9 Å². The lowest BCUT2D eigenvalue weighted by atomic mass is 10.0. The number of nitrogens with one attached hydrogen (secondary N) is 1. The van der Waals surface area contributed by atoms with Crippen LogP contribution in [-0.4, -0.2) is 49.6 Å². The fraction of sp³-hybridized carbons (Fsp3) is 0.632. The van der Waals surface area contributed by atoms with Gasteiger partial charge in [-0.15, -0.1) is 0 Å². The maximum atomic E-state index is 13.3. The zero-order chi connectivity index (χ0) is 16.8. The lowest BCUT2D eigenvalue weighted by Gasteiger charge is -2.38.